The summed E-state index contributed by atoms with van der Waals surface area (Å²) in [6.07, 6.45) is 5.04. The molecule has 0 aliphatic rings. The average molecular weight is 604 g/mol. The predicted octanol–water partition coefficient (Wildman–Crippen LogP) is 6.84. The van der Waals surface area contributed by atoms with Gasteiger partial charge in [-0.15, -0.1) is 0 Å². The summed E-state index contributed by atoms with van der Waals surface area (Å²) in [7, 11) is 0. The zero-order chi connectivity index (χ0) is 30.0. The van der Waals surface area contributed by atoms with Crippen LogP contribution in [0.3, 0.4) is 0 Å². The average Bonchev–Trinajstić information content (AvgIpc) is 3.00. The van der Waals surface area contributed by atoms with Crippen LogP contribution in [0.1, 0.15) is 58.2 Å². The number of hydrogen-bond donors (Lipinski definition) is 3. The Morgan fingerprint density at radius 3 is 0.976 bits per heavy atom. The SMILES string of the molecule is CC.CC.CC.Oc1ccccc1C=NCCN(CCN=Cc1ccccc1O)CCN=Cc1ccccc1O.[Mn]. The van der Waals surface area contributed by atoms with Gasteiger partial charge in [0.1, 0.15) is 17.2 Å². The predicted molar refractivity (Wildman–Crippen MR) is 172 cm³/mol. The molecule has 0 atom stereocenters. The van der Waals surface area contributed by atoms with Crippen molar-refractivity contribution >= 4 is 18.6 Å². The van der Waals surface area contributed by atoms with Crippen molar-refractivity contribution in [2.45, 2.75) is 41.5 Å². The van der Waals surface area contributed by atoms with E-state index < -0.39 is 0 Å². The van der Waals surface area contributed by atoms with Gasteiger partial charge in [0.2, 0.25) is 0 Å². The topological polar surface area (TPSA) is 101 Å². The zero-order valence-electron chi connectivity index (χ0n) is 25.4. The van der Waals surface area contributed by atoms with Crippen molar-refractivity contribution in [2.24, 2.45) is 15.0 Å². The zero-order valence-corrected chi connectivity index (χ0v) is 26.6. The first kappa shape index (κ1) is 39.7. The minimum absolute atomic E-state index is 0. The fourth-order valence-electron chi connectivity index (χ4n) is 3.21. The van der Waals surface area contributed by atoms with Gasteiger partial charge in [0.25, 0.3) is 0 Å². The summed E-state index contributed by atoms with van der Waals surface area (Å²) in [5.41, 5.74) is 2.07. The summed E-state index contributed by atoms with van der Waals surface area (Å²) in [4.78, 5) is 15.6. The van der Waals surface area contributed by atoms with E-state index in [2.05, 4.69) is 19.9 Å². The van der Waals surface area contributed by atoms with E-state index in [1.807, 2.05) is 77.9 Å². The van der Waals surface area contributed by atoms with Gasteiger partial charge < -0.3 is 15.3 Å². The van der Waals surface area contributed by atoms with Gasteiger partial charge in [0.05, 0.1) is 19.6 Å². The normalized spacial score (nSPS) is 10.3. The number of aromatic hydroxyl groups is 3. The minimum Gasteiger partial charge on any atom is -0.507 e. The van der Waals surface area contributed by atoms with Crippen molar-refractivity contribution in [3.63, 3.8) is 0 Å². The molecule has 41 heavy (non-hydrogen) atoms. The van der Waals surface area contributed by atoms with Crippen molar-refractivity contribution in [3.8, 4) is 17.2 Å². The van der Waals surface area contributed by atoms with E-state index in [-0.39, 0.29) is 34.3 Å². The number of hydrogen-bond acceptors (Lipinski definition) is 7. The van der Waals surface area contributed by atoms with E-state index in [4.69, 9.17) is 0 Å². The minimum atomic E-state index is 0. The first-order chi connectivity index (χ1) is 19.6. The molecule has 0 aromatic heterocycles. The summed E-state index contributed by atoms with van der Waals surface area (Å²) < 4.78 is 0. The van der Waals surface area contributed by atoms with Gasteiger partial charge in [-0.2, -0.15) is 0 Å². The number of aliphatic imine (C=N–C) groups is 3. The second kappa shape index (κ2) is 26.8. The van der Waals surface area contributed by atoms with E-state index in [0.717, 1.165) is 0 Å². The van der Waals surface area contributed by atoms with Gasteiger partial charge in [0.15, 0.2) is 0 Å². The Kier molecular flexibility index (Phi) is 25.9. The third-order valence-corrected chi connectivity index (χ3v) is 5.14. The summed E-state index contributed by atoms with van der Waals surface area (Å²) >= 11 is 0. The smallest absolute Gasteiger partial charge is 0.124 e. The quantitative estimate of drug-likeness (QED) is 0.156. The van der Waals surface area contributed by atoms with Crippen LogP contribution in [-0.2, 0) is 17.1 Å². The van der Waals surface area contributed by atoms with Crippen LogP contribution in [0, 0.1) is 0 Å². The Morgan fingerprint density at radius 2 is 0.732 bits per heavy atom. The fourth-order valence-corrected chi connectivity index (χ4v) is 3.21. The molecule has 3 aromatic carbocycles. The maximum absolute atomic E-state index is 9.86. The summed E-state index contributed by atoms with van der Waals surface area (Å²) in [6, 6.07) is 21.3. The molecule has 0 bridgehead atoms. The van der Waals surface area contributed by atoms with Gasteiger partial charge in [-0.3, -0.25) is 19.9 Å². The van der Waals surface area contributed by atoms with Gasteiger partial charge in [0, 0.05) is 72.0 Å². The molecule has 3 aromatic rings. The molecule has 0 saturated carbocycles. The van der Waals surface area contributed by atoms with E-state index in [1.165, 1.54) is 0 Å². The summed E-state index contributed by atoms with van der Waals surface area (Å²) in [5.74, 6) is 0.625. The first-order valence-corrected chi connectivity index (χ1v) is 14.2. The molecule has 3 N–H and O–H groups in total. The van der Waals surface area contributed by atoms with Crippen molar-refractivity contribution in [1.29, 1.82) is 0 Å². The first-order valence-electron chi connectivity index (χ1n) is 14.2. The van der Waals surface area contributed by atoms with Crippen LogP contribution in [0.5, 0.6) is 17.2 Å². The Bertz CT molecular complexity index is 995. The van der Waals surface area contributed by atoms with Crippen LogP contribution in [0.15, 0.2) is 87.8 Å². The molecule has 1 radical (unpaired) electrons. The largest absolute Gasteiger partial charge is 0.507 e. The van der Waals surface area contributed by atoms with Crippen LogP contribution in [0.4, 0.5) is 0 Å². The van der Waals surface area contributed by atoms with Gasteiger partial charge in [-0.25, -0.2) is 0 Å². The molecule has 0 unspecified atom stereocenters. The Morgan fingerprint density at radius 1 is 0.488 bits per heavy atom. The van der Waals surface area contributed by atoms with Crippen LogP contribution in [0.2, 0.25) is 0 Å². The molecule has 0 saturated heterocycles. The number of benzene rings is 3. The third-order valence-electron chi connectivity index (χ3n) is 5.14. The molecule has 0 amide bonds. The monoisotopic (exact) mass is 603 g/mol. The molecule has 0 heterocycles. The summed E-state index contributed by atoms with van der Waals surface area (Å²) in [6.45, 7) is 15.8. The third kappa shape index (κ3) is 17.1. The van der Waals surface area contributed by atoms with E-state index in [9.17, 15) is 15.3 Å². The number of phenols is 3. The van der Waals surface area contributed by atoms with Crippen LogP contribution in [0.25, 0.3) is 0 Å². The van der Waals surface area contributed by atoms with Crippen molar-refractivity contribution in [1.82, 2.24) is 4.90 Å². The number of nitrogens with zero attached hydrogens (tertiary/aromatic N) is 4. The molecule has 7 nitrogen and oxygen atoms in total. The second-order valence-corrected chi connectivity index (χ2v) is 7.62. The summed E-state index contributed by atoms with van der Waals surface area (Å²) in [5, 5.41) is 29.6. The number of phenolic OH excluding ortho intramolecular Hbond substituents is 3. The van der Waals surface area contributed by atoms with Crippen LogP contribution >= 0.6 is 0 Å². The van der Waals surface area contributed by atoms with Gasteiger partial charge in [-0.1, -0.05) is 77.9 Å². The Labute approximate surface area is 257 Å². The maximum Gasteiger partial charge on any atom is 0.124 e. The number of para-hydroxylation sites is 3. The molecule has 225 valence electrons. The maximum atomic E-state index is 9.86. The van der Waals surface area contributed by atoms with E-state index in [1.54, 1.807) is 55.0 Å². The second-order valence-electron chi connectivity index (χ2n) is 7.62. The van der Waals surface area contributed by atoms with Crippen molar-refractivity contribution in [2.75, 3.05) is 39.3 Å². The van der Waals surface area contributed by atoms with E-state index in [0.29, 0.717) is 56.0 Å². The fraction of sp³-hybridized carbons (Fsp3) is 0.364. The molecule has 0 fully saturated rings. The van der Waals surface area contributed by atoms with E-state index >= 15 is 0 Å². The molecule has 3 rings (SSSR count). The molecule has 0 aliphatic heterocycles. The standard InChI is InChI=1S/C27H30N4O3.3C2H6.Mn/c32-25-10-4-1-7-22(25)19-28-13-16-31(17-14-29-20-23-8-2-5-11-26(23)33)18-15-30-21-24-9-3-6-12-27(24)34;3*1-2;/h1-12,19-21,32-34H,13-18H2;3*1-2H3;. The van der Waals surface area contributed by atoms with Crippen molar-refractivity contribution in [3.05, 3.63) is 89.5 Å². The molecule has 8 heteroatoms. The Hall–Kier alpha value is -3.45. The Balaban J connectivity index is 0. The van der Waals surface area contributed by atoms with Gasteiger partial charge >= 0.3 is 0 Å². The number of rotatable bonds is 12. The van der Waals surface area contributed by atoms with Crippen molar-refractivity contribution < 1.29 is 32.4 Å². The van der Waals surface area contributed by atoms with Crippen LogP contribution in [-0.4, -0.2) is 78.1 Å². The molecular formula is C33H48MnN4O3. The molecular weight excluding hydrogens is 555 g/mol. The molecule has 0 aliphatic carbocycles. The van der Waals surface area contributed by atoms with Crippen LogP contribution < -0.4 is 0 Å². The molecule has 0 spiro atoms. The van der Waals surface area contributed by atoms with Gasteiger partial charge in [-0.05, 0) is 36.4 Å².